The summed E-state index contributed by atoms with van der Waals surface area (Å²) in [5.41, 5.74) is 1.32. The second-order valence-electron chi connectivity index (χ2n) is 4.37. The van der Waals surface area contributed by atoms with E-state index < -0.39 is 5.97 Å². The average Bonchev–Trinajstić information content (AvgIpc) is 2.94. The minimum Gasteiger partial charge on any atom is -0.476 e. The van der Waals surface area contributed by atoms with Crippen molar-refractivity contribution in [3.8, 4) is 22.8 Å². The Labute approximate surface area is 129 Å². The molecular weight excluding hydrogens is 334 g/mol. The van der Waals surface area contributed by atoms with Crippen molar-refractivity contribution >= 4 is 21.9 Å². The highest BCUT2D eigenvalue weighted by molar-refractivity contribution is 9.10. The van der Waals surface area contributed by atoms with E-state index in [2.05, 4.69) is 20.9 Å². The third-order valence-corrected chi connectivity index (χ3v) is 3.49. The van der Waals surface area contributed by atoms with Crippen LogP contribution in [-0.2, 0) is 0 Å². The summed E-state index contributed by atoms with van der Waals surface area (Å²) >= 11 is 3.34. The van der Waals surface area contributed by atoms with Crippen LogP contribution in [0.4, 0.5) is 0 Å². The summed E-state index contributed by atoms with van der Waals surface area (Å²) in [5, 5.41) is 9.31. The largest absolute Gasteiger partial charge is 0.476 e. The van der Waals surface area contributed by atoms with E-state index in [1.807, 2.05) is 42.5 Å². The Morgan fingerprint density at radius 3 is 2.29 bits per heavy atom. The first-order valence-electron chi connectivity index (χ1n) is 6.20. The third-order valence-electron chi connectivity index (χ3n) is 2.96. The van der Waals surface area contributed by atoms with Gasteiger partial charge in [-0.3, -0.25) is 0 Å². The predicted octanol–water partition coefficient (Wildman–Crippen LogP) is 4.47. The molecule has 5 heteroatoms. The smallest absolute Gasteiger partial charge is 0.358 e. The highest BCUT2D eigenvalue weighted by atomic mass is 79.9. The first-order chi connectivity index (χ1) is 10.1. The van der Waals surface area contributed by atoms with Gasteiger partial charge < -0.3 is 9.52 Å². The Morgan fingerprint density at radius 2 is 1.67 bits per heavy atom. The van der Waals surface area contributed by atoms with Crippen LogP contribution >= 0.6 is 15.9 Å². The summed E-state index contributed by atoms with van der Waals surface area (Å²) in [6.45, 7) is 0. The summed E-state index contributed by atoms with van der Waals surface area (Å²) in [5.74, 6) is -0.557. The van der Waals surface area contributed by atoms with Crippen LogP contribution in [0, 0.1) is 0 Å². The topological polar surface area (TPSA) is 63.3 Å². The highest BCUT2D eigenvalue weighted by Crippen LogP contribution is 2.30. The summed E-state index contributed by atoms with van der Waals surface area (Å²) in [4.78, 5) is 15.5. The molecule has 1 aromatic heterocycles. The molecule has 3 aromatic rings. The number of hydrogen-bond donors (Lipinski definition) is 1. The second-order valence-corrected chi connectivity index (χ2v) is 5.29. The van der Waals surface area contributed by atoms with Gasteiger partial charge in [0.15, 0.2) is 11.5 Å². The van der Waals surface area contributed by atoms with Gasteiger partial charge in [-0.2, -0.15) is 0 Å². The normalized spacial score (nSPS) is 10.5. The van der Waals surface area contributed by atoms with Crippen molar-refractivity contribution in [2.75, 3.05) is 0 Å². The van der Waals surface area contributed by atoms with Crippen LogP contribution in [0.1, 0.15) is 10.5 Å². The maximum atomic E-state index is 11.4. The fourth-order valence-electron chi connectivity index (χ4n) is 1.97. The Morgan fingerprint density at radius 1 is 1.00 bits per heavy atom. The quantitative estimate of drug-likeness (QED) is 0.761. The van der Waals surface area contributed by atoms with Crippen molar-refractivity contribution in [1.82, 2.24) is 4.98 Å². The van der Waals surface area contributed by atoms with Gasteiger partial charge in [-0.1, -0.05) is 46.3 Å². The second kappa shape index (κ2) is 5.54. The zero-order valence-corrected chi connectivity index (χ0v) is 12.4. The third kappa shape index (κ3) is 2.73. The van der Waals surface area contributed by atoms with Crippen molar-refractivity contribution in [3.05, 3.63) is 64.8 Å². The number of carbonyl (C=O) groups is 1. The molecule has 0 aliphatic heterocycles. The molecule has 0 aliphatic carbocycles. The van der Waals surface area contributed by atoms with Gasteiger partial charge in [-0.25, -0.2) is 9.78 Å². The Balaban J connectivity index is 2.14. The van der Waals surface area contributed by atoms with Crippen LogP contribution in [0.25, 0.3) is 22.8 Å². The van der Waals surface area contributed by atoms with E-state index in [4.69, 9.17) is 4.42 Å². The minimum absolute atomic E-state index is 0.0869. The summed E-state index contributed by atoms with van der Waals surface area (Å²) in [7, 11) is 0. The van der Waals surface area contributed by atoms with E-state index in [0.717, 1.165) is 10.0 Å². The molecule has 104 valence electrons. The summed E-state index contributed by atoms with van der Waals surface area (Å²) in [6.07, 6.45) is 0. The molecule has 0 unspecified atom stereocenters. The van der Waals surface area contributed by atoms with Crippen LogP contribution < -0.4 is 0 Å². The lowest BCUT2D eigenvalue weighted by atomic mass is 10.1. The first-order valence-corrected chi connectivity index (χ1v) is 7.00. The van der Waals surface area contributed by atoms with Gasteiger partial charge in [0.1, 0.15) is 0 Å². The van der Waals surface area contributed by atoms with Crippen molar-refractivity contribution in [1.29, 1.82) is 0 Å². The minimum atomic E-state index is -1.11. The van der Waals surface area contributed by atoms with Gasteiger partial charge in [0, 0.05) is 15.6 Å². The number of aromatic nitrogens is 1. The predicted molar refractivity (Wildman–Crippen MR) is 82.0 cm³/mol. The van der Waals surface area contributed by atoms with Crippen LogP contribution in [0.5, 0.6) is 0 Å². The van der Waals surface area contributed by atoms with Crippen LogP contribution in [0.3, 0.4) is 0 Å². The Hall–Kier alpha value is -2.40. The maximum Gasteiger partial charge on any atom is 0.358 e. The average molecular weight is 344 g/mol. The standard InChI is InChI=1S/C16H10BrNO3/c17-12-8-6-10(7-9-12)14-13(16(19)20)18-15(21-14)11-4-2-1-3-5-11/h1-9H,(H,19,20). The molecule has 1 N–H and O–H groups in total. The molecule has 0 saturated carbocycles. The van der Waals surface area contributed by atoms with Gasteiger partial charge in [-0.05, 0) is 24.3 Å². The van der Waals surface area contributed by atoms with Crippen LogP contribution in [-0.4, -0.2) is 16.1 Å². The number of aromatic carboxylic acids is 1. The van der Waals surface area contributed by atoms with Crippen molar-refractivity contribution < 1.29 is 14.3 Å². The zero-order valence-electron chi connectivity index (χ0n) is 10.8. The molecule has 21 heavy (non-hydrogen) atoms. The molecule has 0 fully saturated rings. The summed E-state index contributed by atoms with van der Waals surface area (Å²) in [6, 6.07) is 16.4. The fourth-order valence-corrected chi connectivity index (χ4v) is 2.23. The SMILES string of the molecule is O=C(O)c1nc(-c2ccccc2)oc1-c1ccc(Br)cc1. The number of nitrogens with zero attached hydrogens (tertiary/aromatic N) is 1. The van der Waals surface area contributed by atoms with Crippen LogP contribution in [0.2, 0.25) is 0 Å². The van der Waals surface area contributed by atoms with Gasteiger partial charge >= 0.3 is 5.97 Å². The number of carboxylic acid groups (broad SMARTS) is 1. The molecule has 0 amide bonds. The molecule has 2 aromatic carbocycles. The number of rotatable bonds is 3. The van der Waals surface area contributed by atoms with Gasteiger partial charge in [-0.15, -0.1) is 0 Å². The van der Waals surface area contributed by atoms with Gasteiger partial charge in [0.05, 0.1) is 0 Å². The molecule has 0 aliphatic rings. The van der Waals surface area contributed by atoms with E-state index in [9.17, 15) is 9.90 Å². The zero-order chi connectivity index (χ0) is 14.8. The molecule has 0 bridgehead atoms. The van der Waals surface area contributed by atoms with Crippen molar-refractivity contribution in [3.63, 3.8) is 0 Å². The number of hydrogen-bond acceptors (Lipinski definition) is 3. The number of oxazole rings is 1. The molecule has 0 spiro atoms. The first kappa shape index (κ1) is 13.6. The van der Waals surface area contributed by atoms with E-state index in [0.29, 0.717) is 11.5 Å². The van der Waals surface area contributed by atoms with E-state index in [-0.39, 0.29) is 11.5 Å². The van der Waals surface area contributed by atoms with Gasteiger partial charge in [0.25, 0.3) is 0 Å². The highest BCUT2D eigenvalue weighted by Gasteiger charge is 2.21. The molecule has 0 saturated heterocycles. The van der Waals surface area contributed by atoms with Crippen LogP contribution in [0.15, 0.2) is 63.5 Å². The fraction of sp³-hybridized carbons (Fsp3) is 0. The molecular formula is C16H10BrNO3. The number of halogens is 1. The van der Waals surface area contributed by atoms with E-state index >= 15 is 0 Å². The lowest BCUT2D eigenvalue weighted by Crippen LogP contribution is -1.98. The summed E-state index contributed by atoms with van der Waals surface area (Å²) < 4.78 is 6.59. The Bertz CT molecular complexity index is 779. The lowest BCUT2D eigenvalue weighted by molar-refractivity contribution is 0.0691. The van der Waals surface area contributed by atoms with Gasteiger partial charge in [0.2, 0.25) is 5.89 Å². The van der Waals surface area contributed by atoms with E-state index in [1.54, 1.807) is 12.1 Å². The molecule has 0 atom stereocenters. The van der Waals surface area contributed by atoms with E-state index in [1.165, 1.54) is 0 Å². The molecule has 0 radical (unpaired) electrons. The molecule has 3 rings (SSSR count). The monoisotopic (exact) mass is 343 g/mol. The van der Waals surface area contributed by atoms with Crippen molar-refractivity contribution in [2.24, 2.45) is 0 Å². The molecule has 4 nitrogen and oxygen atoms in total. The Kier molecular flexibility index (Phi) is 3.58. The maximum absolute atomic E-state index is 11.4. The lowest BCUT2D eigenvalue weighted by Gasteiger charge is -1.98. The number of benzene rings is 2. The number of carboxylic acids is 1. The molecule has 1 heterocycles. The van der Waals surface area contributed by atoms with Crippen molar-refractivity contribution in [2.45, 2.75) is 0 Å².